The zero-order valence-corrected chi connectivity index (χ0v) is 13.6. The van der Waals surface area contributed by atoms with Crippen molar-refractivity contribution in [3.05, 3.63) is 28.2 Å². The Hall–Kier alpha value is -1.12. The Morgan fingerprint density at radius 3 is 2.55 bits per heavy atom. The van der Waals surface area contributed by atoms with E-state index < -0.39 is 28.1 Å². The van der Waals surface area contributed by atoms with Crippen LogP contribution in [0.25, 0.3) is 0 Å². The number of methoxy groups -OCH3 is 1. The van der Waals surface area contributed by atoms with Crippen molar-refractivity contribution in [1.29, 1.82) is 0 Å². The summed E-state index contributed by atoms with van der Waals surface area (Å²) in [5, 5.41) is 10.0. The summed E-state index contributed by atoms with van der Waals surface area (Å²) in [4.78, 5) is 12.0. The maximum Gasteiger partial charge on any atom is 0.318 e. The molecule has 1 N–H and O–H groups in total. The van der Waals surface area contributed by atoms with Gasteiger partial charge in [0.15, 0.2) is 0 Å². The van der Waals surface area contributed by atoms with Gasteiger partial charge in [-0.3, -0.25) is 8.98 Å². The topological polar surface area (TPSA) is 89.9 Å². The number of ether oxygens (including phenoxy) is 1. The number of hydrogen-bond acceptors (Lipinski definition) is 6. The van der Waals surface area contributed by atoms with Gasteiger partial charge >= 0.3 is 5.97 Å². The number of halogens is 1. The maximum atomic E-state index is 12.0. The molecule has 0 saturated carbocycles. The monoisotopic (exact) mass is 366 g/mol. The molecule has 0 aromatic heterocycles. The molecule has 112 valence electrons. The van der Waals surface area contributed by atoms with Crippen LogP contribution in [0.15, 0.2) is 22.7 Å². The van der Waals surface area contributed by atoms with Crippen molar-refractivity contribution >= 4 is 32.0 Å². The highest BCUT2D eigenvalue weighted by Gasteiger charge is 2.40. The molecule has 0 heterocycles. The highest BCUT2D eigenvalue weighted by atomic mass is 79.9. The Bertz CT molecular complexity index is 612. The van der Waals surface area contributed by atoms with Gasteiger partial charge in [0.2, 0.25) is 0 Å². The van der Waals surface area contributed by atoms with Gasteiger partial charge in [0.25, 0.3) is 10.1 Å². The molecule has 0 aliphatic rings. The van der Waals surface area contributed by atoms with E-state index in [0.717, 1.165) is 6.26 Å². The molecule has 1 unspecified atom stereocenters. The molecule has 0 fully saturated rings. The molecule has 0 spiro atoms. The number of aromatic hydroxyl groups is 1. The van der Waals surface area contributed by atoms with Crippen LogP contribution in [0.1, 0.15) is 12.5 Å². The summed E-state index contributed by atoms with van der Waals surface area (Å²) in [7, 11) is -2.55. The molecule has 1 atom stereocenters. The van der Waals surface area contributed by atoms with Crippen LogP contribution < -0.4 is 0 Å². The Kier molecular flexibility index (Phi) is 5.17. The number of benzene rings is 1. The van der Waals surface area contributed by atoms with Gasteiger partial charge in [0, 0.05) is 5.56 Å². The third kappa shape index (κ3) is 3.71. The quantitative estimate of drug-likeness (QED) is 0.628. The third-order valence-corrected chi connectivity index (χ3v) is 3.96. The summed E-state index contributed by atoms with van der Waals surface area (Å²) >= 11 is 3.14. The van der Waals surface area contributed by atoms with E-state index in [1.165, 1.54) is 20.1 Å². The maximum absolute atomic E-state index is 12.0. The van der Waals surface area contributed by atoms with Gasteiger partial charge in [0.05, 0.1) is 24.4 Å². The zero-order valence-electron chi connectivity index (χ0n) is 11.2. The van der Waals surface area contributed by atoms with E-state index in [4.69, 9.17) is 4.18 Å². The van der Waals surface area contributed by atoms with E-state index in [2.05, 4.69) is 20.7 Å². The van der Waals surface area contributed by atoms with E-state index in [9.17, 15) is 18.3 Å². The van der Waals surface area contributed by atoms with Crippen LogP contribution in [0.4, 0.5) is 0 Å². The minimum Gasteiger partial charge on any atom is -0.506 e. The molecule has 0 aliphatic carbocycles. The molecule has 0 bridgehead atoms. The van der Waals surface area contributed by atoms with Gasteiger partial charge in [-0.05, 0) is 28.9 Å². The molecular weight excluding hydrogens is 352 g/mol. The van der Waals surface area contributed by atoms with Gasteiger partial charge in [-0.2, -0.15) is 8.42 Å². The van der Waals surface area contributed by atoms with Gasteiger partial charge < -0.3 is 9.84 Å². The highest BCUT2D eigenvalue weighted by molar-refractivity contribution is 9.10. The van der Waals surface area contributed by atoms with E-state index in [0.29, 0.717) is 4.47 Å². The van der Waals surface area contributed by atoms with Crippen molar-refractivity contribution in [3.8, 4) is 5.75 Å². The van der Waals surface area contributed by atoms with Crippen LogP contribution in [0.5, 0.6) is 5.75 Å². The van der Waals surface area contributed by atoms with Crippen molar-refractivity contribution in [1.82, 2.24) is 0 Å². The fourth-order valence-corrected chi connectivity index (χ4v) is 2.47. The summed E-state index contributed by atoms with van der Waals surface area (Å²) in [5.41, 5.74) is -1.24. The van der Waals surface area contributed by atoms with Crippen molar-refractivity contribution in [2.24, 2.45) is 0 Å². The summed E-state index contributed by atoms with van der Waals surface area (Å²) in [6, 6.07) is 4.71. The summed E-state index contributed by atoms with van der Waals surface area (Å²) < 4.78 is 32.0. The molecule has 1 aromatic carbocycles. The zero-order chi connectivity index (χ0) is 15.6. The molecule has 0 radical (unpaired) electrons. The number of esters is 1. The van der Waals surface area contributed by atoms with Crippen LogP contribution in [0.2, 0.25) is 0 Å². The summed E-state index contributed by atoms with van der Waals surface area (Å²) in [5.74, 6) is -0.882. The Morgan fingerprint density at radius 2 is 2.05 bits per heavy atom. The smallest absolute Gasteiger partial charge is 0.318 e. The van der Waals surface area contributed by atoms with Crippen molar-refractivity contribution in [2.45, 2.75) is 12.3 Å². The lowest BCUT2D eigenvalue weighted by molar-refractivity contribution is -0.148. The first-order valence-electron chi connectivity index (χ1n) is 5.52. The standard InChI is InChI=1S/C12H15BrO6S/c1-12(11(15)18-2,7-19-20(3,16)17)8-5-4-6-9(13)10(8)14/h4-6,14H,7H2,1-3H3. The second-order valence-corrected chi connectivity index (χ2v) is 6.92. The fourth-order valence-electron chi connectivity index (χ4n) is 1.66. The molecule has 0 amide bonds. The number of carbonyl (C=O) groups excluding carboxylic acids is 1. The van der Waals surface area contributed by atoms with Gasteiger partial charge in [-0.1, -0.05) is 12.1 Å². The third-order valence-electron chi connectivity index (χ3n) is 2.78. The predicted molar refractivity (Wildman–Crippen MR) is 76.0 cm³/mol. The minimum atomic E-state index is -3.73. The number of carbonyl (C=O) groups is 1. The van der Waals surface area contributed by atoms with Gasteiger partial charge in [-0.15, -0.1) is 0 Å². The van der Waals surface area contributed by atoms with Gasteiger partial charge in [0.1, 0.15) is 11.2 Å². The number of phenols is 1. The fraction of sp³-hybridized carbons (Fsp3) is 0.417. The van der Waals surface area contributed by atoms with Crippen LogP contribution in [0, 0.1) is 0 Å². The lowest BCUT2D eigenvalue weighted by atomic mass is 9.83. The second-order valence-electron chi connectivity index (χ2n) is 4.43. The molecule has 6 nitrogen and oxygen atoms in total. The van der Waals surface area contributed by atoms with Crippen molar-refractivity contribution in [2.75, 3.05) is 20.0 Å². The molecular formula is C12H15BrO6S. The van der Waals surface area contributed by atoms with E-state index in [1.54, 1.807) is 12.1 Å². The SMILES string of the molecule is COC(=O)C(C)(COS(C)(=O)=O)c1cccc(Br)c1O. The molecule has 0 saturated heterocycles. The Balaban J connectivity index is 3.31. The molecule has 8 heteroatoms. The number of para-hydroxylation sites is 1. The average molecular weight is 367 g/mol. The predicted octanol–water partition coefficient (Wildman–Crippen LogP) is 1.56. The van der Waals surface area contributed by atoms with Crippen molar-refractivity contribution < 1.29 is 27.2 Å². The molecule has 0 aliphatic heterocycles. The summed E-state index contributed by atoms with van der Waals surface area (Å²) in [6.07, 6.45) is 0.880. The Labute approximate surface area is 126 Å². The van der Waals surface area contributed by atoms with Gasteiger partial charge in [-0.25, -0.2) is 0 Å². The first kappa shape index (κ1) is 16.9. The second kappa shape index (κ2) is 6.11. The average Bonchev–Trinajstić information content (AvgIpc) is 2.37. The molecule has 1 rings (SSSR count). The molecule has 20 heavy (non-hydrogen) atoms. The summed E-state index contributed by atoms with van der Waals surface area (Å²) in [6.45, 7) is 0.966. The first-order valence-corrected chi connectivity index (χ1v) is 8.13. The number of phenolic OH excluding ortho intramolecular Hbond substituents is 1. The van der Waals surface area contributed by atoms with Crippen LogP contribution in [-0.4, -0.2) is 39.5 Å². The number of rotatable bonds is 5. The van der Waals surface area contributed by atoms with Crippen LogP contribution in [0.3, 0.4) is 0 Å². The lowest BCUT2D eigenvalue weighted by Crippen LogP contribution is -2.39. The normalized spacial score (nSPS) is 14.6. The van der Waals surface area contributed by atoms with E-state index in [-0.39, 0.29) is 11.3 Å². The van der Waals surface area contributed by atoms with Crippen molar-refractivity contribution in [3.63, 3.8) is 0 Å². The highest BCUT2D eigenvalue weighted by Crippen LogP contribution is 2.37. The largest absolute Gasteiger partial charge is 0.506 e. The lowest BCUT2D eigenvalue weighted by Gasteiger charge is -2.27. The molecule has 1 aromatic rings. The van der Waals surface area contributed by atoms with Crippen LogP contribution >= 0.6 is 15.9 Å². The first-order chi connectivity index (χ1) is 9.12. The van der Waals surface area contributed by atoms with E-state index >= 15 is 0 Å². The minimum absolute atomic E-state index is 0.169. The van der Waals surface area contributed by atoms with Crippen LogP contribution in [-0.2, 0) is 29.2 Å². The Morgan fingerprint density at radius 1 is 1.45 bits per heavy atom. The van der Waals surface area contributed by atoms with E-state index in [1.807, 2.05) is 0 Å². The number of hydrogen-bond donors (Lipinski definition) is 1.